The van der Waals surface area contributed by atoms with Crippen LogP contribution in [0.5, 0.6) is 0 Å². The summed E-state index contributed by atoms with van der Waals surface area (Å²) in [5, 5.41) is 11.4. The van der Waals surface area contributed by atoms with Gasteiger partial charge in [-0.05, 0) is 29.3 Å². The van der Waals surface area contributed by atoms with Gasteiger partial charge >= 0.3 is 0 Å². The van der Waals surface area contributed by atoms with E-state index in [1.807, 2.05) is 12.1 Å². The monoisotopic (exact) mass is 401 g/mol. The fourth-order valence-electron chi connectivity index (χ4n) is 3.00. The van der Waals surface area contributed by atoms with E-state index in [0.717, 1.165) is 36.3 Å². The van der Waals surface area contributed by atoms with E-state index in [1.54, 1.807) is 35.3 Å². The van der Waals surface area contributed by atoms with Crippen molar-refractivity contribution >= 4 is 34.8 Å². The van der Waals surface area contributed by atoms with Crippen LogP contribution in [0.4, 0.5) is 5.69 Å². The molecule has 8 heteroatoms. The van der Waals surface area contributed by atoms with Crippen molar-refractivity contribution in [3.63, 3.8) is 0 Å². The summed E-state index contributed by atoms with van der Waals surface area (Å²) in [5.74, 6) is -0.245. The first-order chi connectivity index (χ1) is 13.1. The van der Waals surface area contributed by atoms with E-state index in [2.05, 4.69) is 20.7 Å². The second-order valence-corrected chi connectivity index (χ2v) is 7.17. The fourth-order valence-corrected chi connectivity index (χ4v) is 3.32. The molecule has 0 radical (unpaired) electrons. The Morgan fingerprint density at radius 1 is 1.22 bits per heavy atom. The van der Waals surface area contributed by atoms with Crippen molar-refractivity contribution in [1.29, 1.82) is 0 Å². The van der Waals surface area contributed by atoms with Crippen molar-refractivity contribution in [1.82, 2.24) is 20.1 Å². The summed E-state index contributed by atoms with van der Waals surface area (Å²) in [5.41, 5.74) is 4.12. The van der Waals surface area contributed by atoms with Gasteiger partial charge in [0.15, 0.2) is 0 Å². The number of benzene rings is 1. The molecule has 0 saturated carbocycles. The van der Waals surface area contributed by atoms with Gasteiger partial charge in [-0.2, -0.15) is 5.10 Å². The van der Waals surface area contributed by atoms with Crippen LogP contribution in [-0.4, -0.2) is 27.2 Å². The van der Waals surface area contributed by atoms with Crippen LogP contribution in [0.3, 0.4) is 0 Å². The van der Waals surface area contributed by atoms with Crippen LogP contribution < -0.4 is 10.6 Å². The molecule has 27 heavy (non-hydrogen) atoms. The number of hydrogen-bond donors (Lipinski definition) is 2. The Hall–Kier alpha value is -2.41. The summed E-state index contributed by atoms with van der Waals surface area (Å²) in [6.07, 6.45) is 4.21. The molecule has 0 atom stereocenters. The molecule has 2 N–H and O–H groups in total. The third-order valence-electron chi connectivity index (χ3n) is 4.37. The summed E-state index contributed by atoms with van der Waals surface area (Å²) >= 11 is 12.0. The smallest absolute Gasteiger partial charge is 0.274 e. The van der Waals surface area contributed by atoms with Gasteiger partial charge in [0.2, 0.25) is 0 Å². The van der Waals surface area contributed by atoms with Crippen LogP contribution in [0.1, 0.15) is 27.3 Å². The Morgan fingerprint density at radius 2 is 2.11 bits per heavy atom. The average Bonchev–Trinajstić information content (AvgIpc) is 3.11. The number of rotatable bonds is 4. The Labute approximate surface area is 166 Å². The highest BCUT2D eigenvalue weighted by molar-refractivity contribution is 6.42. The zero-order valence-corrected chi connectivity index (χ0v) is 15.9. The van der Waals surface area contributed by atoms with Crippen LogP contribution in [0, 0.1) is 0 Å². The SMILES string of the molecule is O=C(Nc1cnn(Cc2ccc(Cl)c(Cl)c2)c1)c1ccc2c(n1)CCNC2. The number of amides is 1. The number of hydrogen-bond acceptors (Lipinski definition) is 4. The molecule has 0 saturated heterocycles. The molecular weight excluding hydrogens is 385 g/mol. The zero-order valence-electron chi connectivity index (χ0n) is 14.4. The second-order valence-electron chi connectivity index (χ2n) is 6.36. The molecule has 0 fully saturated rings. The number of aromatic nitrogens is 3. The number of fused-ring (bicyclic) bond motifs is 1. The van der Waals surface area contributed by atoms with E-state index < -0.39 is 0 Å². The van der Waals surface area contributed by atoms with Gasteiger partial charge in [-0.25, -0.2) is 4.98 Å². The molecule has 1 aliphatic rings. The van der Waals surface area contributed by atoms with E-state index in [4.69, 9.17) is 23.2 Å². The Bertz CT molecular complexity index is 1000. The highest BCUT2D eigenvalue weighted by Crippen LogP contribution is 2.23. The van der Waals surface area contributed by atoms with Crippen molar-refractivity contribution in [3.8, 4) is 0 Å². The predicted molar refractivity (Wildman–Crippen MR) is 105 cm³/mol. The van der Waals surface area contributed by atoms with E-state index in [1.165, 1.54) is 0 Å². The lowest BCUT2D eigenvalue weighted by Gasteiger charge is -2.16. The Balaban J connectivity index is 1.44. The lowest BCUT2D eigenvalue weighted by atomic mass is 10.1. The lowest BCUT2D eigenvalue weighted by Crippen LogP contribution is -2.25. The van der Waals surface area contributed by atoms with Gasteiger partial charge in [0.1, 0.15) is 5.69 Å². The molecule has 138 valence electrons. The van der Waals surface area contributed by atoms with Crippen LogP contribution in [0.15, 0.2) is 42.7 Å². The summed E-state index contributed by atoms with van der Waals surface area (Å²) < 4.78 is 1.72. The van der Waals surface area contributed by atoms with E-state index in [-0.39, 0.29) is 5.91 Å². The fraction of sp³-hybridized carbons (Fsp3) is 0.211. The number of nitrogens with zero attached hydrogens (tertiary/aromatic N) is 3. The van der Waals surface area contributed by atoms with Crippen molar-refractivity contribution < 1.29 is 4.79 Å². The maximum Gasteiger partial charge on any atom is 0.274 e. The minimum absolute atomic E-state index is 0.245. The summed E-state index contributed by atoms with van der Waals surface area (Å²) in [7, 11) is 0. The normalized spacial score (nSPS) is 13.3. The molecule has 4 rings (SSSR count). The molecule has 0 unspecified atom stereocenters. The largest absolute Gasteiger partial charge is 0.318 e. The molecule has 1 aromatic carbocycles. The van der Waals surface area contributed by atoms with Crippen molar-refractivity contribution in [2.75, 3.05) is 11.9 Å². The number of pyridine rings is 1. The van der Waals surface area contributed by atoms with Crippen molar-refractivity contribution in [3.05, 3.63) is 75.3 Å². The van der Waals surface area contributed by atoms with Crippen LogP contribution in [0.25, 0.3) is 0 Å². The Kier molecular flexibility index (Phi) is 5.11. The summed E-state index contributed by atoms with van der Waals surface area (Å²) in [4.78, 5) is 17.0. The quantitative estimate of drug-likeness (QED) is 0.701. The number of carbonyl (C=O) groups excluding carboxylic acids is 1. The minimum atomic E-state index is -0.245. The van der Waals surface area contributed by atoms with E-state index in [9.17, 15) is 4.79 Å². The number of anilines is 1. The first-order valence-corrected chi connectivity index (χ1v) is 9.31. The number of carbonyl (C=O) groups is 1. The zero-order chi connectivity index (χ0) is 18.8. The third-order valence-corrected chi connectivity index (χ3v) is 5.11. The molecule has 3 aromatic rings. The topological polar surface area (TPSA) is 71.8 Å². The van der Waals surface area contributed by atoms with Gasteiger partial charge in [0.05, 0.1) is 28.5 Å². The highest BCUT2D eigenvalue weighted by Gasteiger charge is 2.15. The van der Waals surface area contributed by atoms with Gasteiger partial charge in [0, 0.05) is 31.4 Å². The Morgan fingerprint density at radius 3 is 2.96 bits per heavy atom. The molecule has 1 amide bonds. The van der Waals surface area contributed by atoms with Crippen LogP contribution in [0.2, 0.25) is 10.0 Å². The van der Waals surface area contributed by atoms with E-state index in [0.29, 0.717) is 28.0 Å². The van der Waals surface area contributed by atoms with Crippen molar-refractivity contribution in [2.45, 2.75) is 19.5 Å². The van der Waals surface area contributed by atoms with Gasteiger partial charge < -0.3 is 10.6 Å². The molecule has 6 nitrogen and oxygen atoms in total. The predicted octanol–water partition coefficient (Wildman–Crippen LogP) is 3.53. The van der Waals surface area contributed by atoms with Gasteiger partial charge in [-0.1, -0.05) is 35.3 Å². The number of halogens is 2. The second kappa shape index (κ2) is 7.68. The number of nitrogens with one attached hydrogen (secondary N) is 2. The average molecular weight is 402 g/mol. The van der Waals surface area contributed by atoms with E-state index >= 15 is 0 Å². The van der Waals surface area contributed by atoms with Gasteiger partial charge in [0.25, 0.3) is 5.91 Å². The van der Waals surface area contributed by atoms with Crippen molar-refractivity contribution in [2.24, 2.45) is 0 Å². The molecule has 0 spiro atoms. The lowest BCUT2D eigenvalue weighted by molar-refractivity contribution is 0.102. The first kappa shape index (κ1) is 18.0. The minimum Gasteiger partial charge on any atom is -0.318 e. The van der Waals surface area contributed by atoms with Gasteiger partial charge in [-0.3, -0.25) is 9.48 Å². The molecule has 2 aromatic heterocycles. The summed E-state index contributed by atoms with van der Waals surface area (Å²) in [6.45, 7) is 2.20. The summed E-state index contributed by atoms with van der Waals surface area (Å²) in [6, 6.07) is 9.15. The molecule has 0 aliphatic carbocycles. The maximum absolute atomic E-state index is 12.5. The molecule has 1 aliphatic heterocycles. The van der Waals surface area contributed by atoms with Gasteiger partial charge in [-0.15, -0.1) is 0 Å². The standard InChI is InChI=1S/C19H17Cl2N5O/c20-15-3-1-12(7-16(15)21)10-26-11-14(9-23-26)24-19(27)18-4-2-13-8-22-6-5-17(13)25-18/h1-4,7,9,11,22H,5-6,8,10H2,(H,24,27). The third kappa shape index (κ3) is 4.13. The van der Waals surface area contributed by atoms with Crippen LogP contribution in [-0.2, 0) is 19.5 Å². The van der Waals surface area contributed by atoms with Crippen LogP contribution >= 0.6 is 23.2 Å². The molecular formula is C19H17Cl2N5O. The molecule has 3 heterocycles. The highest BCUT2D eigenvalue weighted by atomic mass is 35.5. The molecule has 0 bridgehead atoms. The first-order valence-electron chi connectivity index (χ1n) is 8.56. The maximum atomic E-state index is 12.5.